The molecule has 0 spiro atoms. The minimum Gasteiger partial charge on any atom is -0.468 e. The van der Waals surface area contributed by atoms with Crippen LogP contribution in [0.25, 0.3) is 0 Å². The maximum absolute atomic E-state index is 12.4. The summed E-state index contributed by atoms with van der Waals surface area (Å²) in [6, 6.07) is 10.2. The van der Waals surface area contributed by atoms with Gasteiger partial charge in [-0.05, 0) is 49.1 Å². The fraction of sp³-hybridized carbons (Fsp3) is 0.429. The van der Waals surface area contributed by atoms with Gasteiger partial charge in [-0.2, -0.15) is 13.2 Å². The van der Waals surface area contributed by atoms with Crippen molar-refractivity contribution in [2.45, 2.75) is 32.5 Å². The van der Waals surface area contributed by atoms with Crippen molar-refractivity contribution in [1.29, 1.82) is 0 Å². The first kappa shape index (κ1) is 21.7. The lowest BCUT2D eigenvalue weighted by molar-refractivity contribution is -0.154. The Bertz CT molecular complexity index is 835. The molecular formula is C21H25F3N4O2. The number of carbonyl (C=O) groups excluding carboxylic acids is 1. The van der Waals surface area contributed by atoms with E-state index < -0.39 is 18.8 Å². The van der Waals surface area contributed by atoms with Crippen molar-refractivity contribution in [2.75, 3.05) is 29.9 Å². The number of anilines is 2. The van der Waals surface area contributed by atoms with Gasteiger partial charge in [0.2, 0.25) is 5.88 Å². The Morgan fingerprint density at radius 2 is 1.90 bits per heavy atom. The van der Waals surface area contributed by atoms with E-state index in [0.717, 1.165) is 24.7 Å². The summed E-state index contributed by atoms with van der Waals surface area (Å²) in [6.45, 7) is 2.86. The maximum atomic E-state index is 12.4. The van der Waals surface area contributed by atoms with E-state index in [2.05, 4.69) is 27.4 Å². The Hall–Kier alpha value is -2.97. The molecule has 0 atom stereocenters. The molecule has 9 heteroatoms. The number of halogens is 3. The summed E-state index contributed by atoms with van der Waals surface area (Å²) >= 11 is 0. The number of aromatic nitrogens is 1. The zero-order valence-electron chi connectivity index (χ0n) is 16.7. The molecule has 2 amide bonds. The monoisotopic (exact) mass is 422 g/mol. The van der Waals surface area contributed by atoms with Gasteiger partial charge in [0.05, 0.1) is 0 Å². The van der Waals surface area contributed by atoms with Gasteiger partial charge in [-0.25, -0.2) is 9.78 Å². The Kier molecular flexibility index (Phi) is 7.02. The smallest absolute Gasteiger partial charge is 0.422 e. The predicted octanol–water partition coefficient (Wildman–Crippen LogP) is 4.58. The third kappa shape index (κ3) is 6.53. The lowest BCUT2D eigenvalue weighted by Crippen LogP contribution is -2.32. The molecule has 0 radical (unpaired) electrons. The summed E-state index contributed by atoms with van der Waals surface area (Å²) in [6.07, 6.45) is -0.783. The highest BCUT2D eigenvalue weighted by Gasteiger charge is 2.29. The van der Waals surface area contributed by atoms with Crippen LogP contribution in [-0.4, -0.2) is 36.9 Å². The molecule has 1 saturated heterocycles. The van der Waals surface area contributed by atoms with Crippen molar-refractivity contribution in [3.8, 4) is 5.88 Å². The van der Waals surface area contributed by atoms with Crippen LogP contribution < -0.4 is 20.3 Å². The van der Waals surface area contributed by atoms with E-state index in [1.54, 1.807) is 12.1 Å². The van der Waals surface area contributed by atoms with Crippen molar-refractivity contribution < 1.29 is 22.7 Å². The van der Waals surface area contributed by atoms with Gasteiger partial charge in [-0.3, -0.25) is 0 Å². The van der Waals surface area contributed by atoms with Gasteiger partial charge in [-0.15, -0.1) is 0 Å². The summed E-state index contributed by atoms with van der Waals surface area (Å²) in [5.74, 6) is 0.598. The summed E-state index contributed by atoms with van der Waals surface area (Å²) in [5.41, 5.74) is 2.10. The first-order valence-electron chi connectivity index (χ1n) is 9.83. The number of urea groups is 1. The zero-order valence-corrected chi connectivity index (χ0v) is 16.7. The van der Waals surface area contributed by atoms with Crippen LogP contribution in [0.5, 0.6) is 5.88 Å². The lowest BCUT2D eigenvalue weighted by Gasteiger charge is -2.32. The highest BCUT2D eigenvalue weighted by molar-refractivity contribution is 5.89. The van der Waals surface area contributed by atoms with Crippen LogP contribution in [0.2, 0.25) is 0 Å². The van der Waals surface area contributed by atoms with Gasteiger partial charge < -0.3 is 20.3 Å². The van der Waals surface area contributed by atoms with Crippen LogP contribution >= 0.6 is 0 Å². The number of hydrogen-bond acceptors (Lipinski definition) is 4. The second kappa shape index (κ2) is 9.69. The third-order valence-corrected chi connectivity index (χ3v) is 4.94. The van der Waals surface area contributed by atoms with Gasteiger partial charge in [0.25, 0.3) is 0 Å². The predicted molar refractivity (Wildman–Crippen MR) is 109 cm³/mol. The number of amides is 2. The molecular weight excluding hydrogens is 397 g/mol. The number of carbonyl (C=O) groups is 1. The fourth-order valence-corrected chi connectivity index (χ4v) is 3.21. The van der Waals surface area contributed by atoms with Gasteiger partial charge in [0, 0.05) is 42.8 Å². The molecule has 162 valence electrons. The normalized spacial score (nSPS) is 15.0. The Morgan fingerprint density at radius 1 is 1.20 bits per heavy atom. The molecule has 0 saturated carbocycles. The number of benzene rings is 1. The number of hydrogen-bond donors (Lipinski definition) is 2. The molecule has 2 aromatic rings. The average Bonchev–Trinajstić information content (AvgIpc) is 2.72. The largest absolute Gasteiger partial charge is 0.468 e. The van der Waals surface area contributed by atoms with Crippen LogP contribution in [0.3, 0.4) is 0 Å². The molecule has 1 aromatic carbocycles. The SMILES string of the molecule is CC1CCN(c2ccc(NC(=O)NCc3cccnc3OCC(F)(F)F)cc2)CC1. The van der Waals surface area contributed by atoms with Gasteiger partial charge in [0.15, 0.2) is 6.61 Å². The Labute approximate surface area is 173 Å². The fourth-order valence-electron chi connectivity index (χ4n) is 3.21. The van der Waals surface area contributed by atoms with E-state index in [1.807, 2.05) is 24.3 Å². The van der Waals surface area contributed by atoms with E-state index in [0.29, 0.717) is 11.3 Å². The van der Waals surface area contributed by atoms with E-state index in [9.17, 15) is 18.0 Å². The summed E-state index contributed by atoms with van der Waals surface area (Å²) in [7, 11) is 0. The average molecular weight is 422 g/mol. The molecule has 0 bridgehead atoms. The van der Waals surface area contributed by atoms with Gasteiger partial charge in [0.1, 0.15) is 0 Å². The lowest BCUT2D eigenvalue weighted by atomic mass is 9.99. The summed E-state index contributed by atoms with van der Waals surface area (Å²) in [5, 5.41) is 5.32. The Balaban J connectivity index is 1.50. The zero-order chi connectivity index (χ0) is 21.6. The van der Waals surface area contributed by atoms with E-state index in [-0.39, 0.29) is 12.4 Å². The van der Waals surface area contributed by atoms with Gasteiger partial charge >= 0.3 is 12.2 Å². The standard InChI is InChI=1S/C21H25F3N4O2/c1-15-8-11-28(12-9-15)18-6-4-17(5-7-18)27-20(29)26-13-16-3-2-10-25-19(16)30-14-21(22,23)24/h2-7,10,15H,8-9,11-14H2,1H3,(H2,26,27,29). The molecule has 1 fully saturated rings. The van der Waals surface area contributed by atoms with Crippen LogP contribution in [0.1, 0.15) is 25.3 Å². The Morgan fingerprint density at radius 3 is 2.57 bits per heavy atom. The minimum atomic E-state index is -4.46. The molecule has 0 aliphatic carbocycles. The number of nitrogens with one attached hydrogen (secondary N) is 2. The van der Waals surface area contributed by atoms with E-state index in [4.69, 9.17) is 4.74 Å². The van der Waals surface area contributed by atoms with Crippen LogP contribution in [0.15, 0.2) is 42.6 Å². The van der Waals surface area contributed by atoms with Crippen LogP contribution in [0.4, 0.5) is 29.3 Å². The quantitative estimate of drug-likeness (QED) is 0.715. The van der Waals surface area contributed by atoms with Gasteiger partial charge in [-0.1, -0.05) is 13.0 Å². The molecule has 2 N–H and O–H groups in total. The summed E-state index contributed by atoms with van der Waals surface area (Å²) < 4.78 is 41.8. The molecule has 2 heterocycles. The first-order chi connectivity index (χ1) is 14.3. The maximum Gasteiger partial charge on any atom is 0.422 e. The van der Waals surface area contributed by atoms with Crippen molar-refractivity contribution in [3.63, 3.8) is 0 Å². The second-order valence-corrected chi connectivity index (χ2v) is 7.40. The molecule has 1 aliphatic heterocycles. The number of rotatable bonds is 6. The highest BCUT2D eigenvalue weighted by Crippen LogP contribution is 2.24. The number of pyridine rings is 1. The topological polar surface area (TPSA) is 66.5 Å². The number of ether oxygens (including phenoxy) is 1. The molecule has 3 rings (SSSR count). The van der Waals surface area contributed by atoms with Crippen molar-refractivity contribution in [1.82, 2.24) is 10.3 Å². The van der Waals surface area contributed by atoms with Crippen molar-refractivity contribution >= 4 is 17.4 Å². The van der Waals surface area contributed by atoms with Crippen LogP contribution in [-0.2, 0) is 6.54 Å². The first-order valence-corrected chi connectivity index (χ1v) is 9.83. The number of nitrogens with zero attached hydrogens (tertiary/aromatic N) is 2. The van der Waals surface area contributed by atoms with E-state index >= 15 is 0 Å². The third-order valence-electron chi connectivity index (χ3n) is 4.94. The van der Waals surface area contributed by atoms with Crippen LogP contribution in [0, 0.1) is 5.92 Å². The summed E-state index contributed by atoms with van der Waals surface area (Å²) in [4.78, 5) is 18.3. The van der Waals surface area contributed by atoms with Crippen molar-refractivity contribution in [3.05, 3.63) is 48.2 Å². The molecule has 1 aromatic heterocycles. The molecule has 30 heavy (non-hydrogen) atoms. The highest BCUT2D eigenvalue weighted by atomic mass is 19.4. The number of alkyl halides is 3. The van der Waals surface area contributed by atoms with E-state index in [1.165, 1.54) is 19.0 Å². The minimum absolute atomic E-state index is 0.0170. The van der Waals surface area contributed by atoms with Crippen molar-refractivity contribution in [2.24, 2.45) is 5.92 Å². The molecule has 6 nitrogen and oxygen atoms in total. The number of piperidine rings is 1. The second-order valence-electron chi connectivity index (χ2n) is 7.40. The molecule has 0 unspecified atom stereocenters. The molecule has 1 aliphatic rings.